The number of likely N-dealkylation sites (N-methyl/N-ethyl adjacent to an activating group) is 1. The van der Waals surface area contributed by atoms with Crippen LogP contribution in [-0.2, 0) is 9.53 Å². The molecule has 2 aromatic rings. The van der Waals surface area contributed by atoms with Crippen molar-refractivity contribution in [2.24, 2.45) is 0 Å². The van der Waals surface area contributed by atoms with Gasteiger partial charge >= 0.3 is 12.0 Å². The number of urea groups is 1. The summed E-state index contributed by atoms with van der Waals surface area (Å²) >= 11 is 0. The van der Waals surface area contributed by atoms with E-state index in [1.807, 2.05) is 74.2 Å². The Bertz CT molecular complexity index is 1210. The summed E-state index contributed by atoms with van der Waals surface area (Å²) < 4.78 is 5.46. The van der Waals surface area contributed by atoms with Gasteiger partial charge in [-0.25, -0.2) is 9.59 Å². The molecule has 0 bridgehead atoms. The SMILES string of the molecule is CCOC(=O)C1=C(CN2CCN(C(=O)c3ccc(C)cc3)[C@@H](C)C2)N(C)C(=O)N[C@@H]1c1ccccc1C. The Morgan fingerprint density at radius 2 is 1.76 bits per heavy atom. The summed E-state index contributed by atoms with van der Waals surface area (Å²) in [5, 5.41) is 2.99. The molecule has 0 unspecified atom stereocenters. The highest BCUT2D eigenvalue weighted by molar-refractivity contribution is 5.95. The number of nitrogens with zero attached hydrogens (tertiary/aromatic N) is 3. The summed E-state index contributed by atoms with van der Waals surface area (Å²) in [6.45, 7) is 10.2. The molecule has 8 nitrogen and oxygen atoms in total. The van der Waals surface area contributed by atoms with Crippen LogP contribution in [0, 0.1) is 13.8 Å². The third-order valence-corrected chi connectivity index (χ3v) is 7.22. The van der Waals surface area contributed by atoms with E-state index in [9.17, 15) is 14.4 Å². The van der Waals surface area contributed by atoms with Gasteiger partial charge in [-0.05, 0) is 51.0 Å². The summed E-state index contributed by atoms with van der Waals surface area (Å²) in [5.74, 6) is -0.411. The molecule has 2 aliphatic rings. The van der Waals surface area contributed by atoms with Gasteiger partial charge in [0.05, 0.1) is 18.2 Å². The fraction of sp³-hybridized carbons (Fsp3) is 0.414. The molecule has 0 saturated carbocycles. The molecule has 0 spiro atoms. The Balaban J connectivity index is 1.60. The number of amides is 3. The van der Waals surface area contributed by atoms with E-state index in [1.165, 1.54) is 4.90 Å². The van der Waals surface area contributed by atoms with Crippen molar-refractivity contribution in [1.82, 2.24) is 20.0 Å². The number of ether oxygens (including phenoxy) is 1. The number of piperazine rings is 1. The number of rotatable bonds is 6. The van der Waals surface area contributed by atoms with E-state index in [4.69, 9.17) is 4.74 Å². The minimum Gasteiger partial charge on any atom is -0.463 e. The van der Waals surface area contributed by atoms with Gasteiger partial charge in [0.1, 0.15) is 0 Å². The van der Waals surface area contributed by atoms with Gasteiger partial charge < -0.3 is 15.0 Å². The molecule has 0 aromatic heterocycles. The zero-order valence-corrected chi connectivity index (χ0v) is 22.3. The van der Waals surface area contributed by atoms with Crippen LogP contribution >= 0.6 is 0 Å². The number of nitrogens with one attached hydrogen (secondary N) is 1. The van der Waals surface area contributed by atoms with E-state index < -0.39 is 12.0 Å². The van der Waals surface area contributed by atoms with Gasteiger partial charge in [0.2, 0.25) is 0 Å². The first-order valence-corrected chi connectivity index (χ1v) is 12.8. The number of hydrogen-bond donors (Lipinski definition) is 1. The lowest BCUT2D eigenvalue weighted by Gasteiger charge is -2.42. The predicted octanol–water partition coefficient (Wildman–Crippen LogP) is 3.66. The van der Waals surface area contributed by atoms with Crippen LogP contribution in [0.25, 0.3) is 0 Å². The van der Waals surface area contributed by atoms with E-state index in [2.05, 4.69) is 10.2 Å². The van der Waals surface area contributed by atoms with Gasteiger partial charge in [-0.1, -0.05) is 42.0 Å². The lowest BCUT2D eigenvalue weighted by atomic mass is 9.91. The van der Waals surface area contributed by atoms with Crippen LogP contribution in [0.5, 0.6) is 0 Å². The summed E-state index contributed by atoms with van der Waals surface area (Å²) in [5.41, 5.74) is 4.72. The molecule has 4 rings (SSSR count). The molecule has 0 aliphatic carbocycles. The van der Waals surface area contributed by atoms with Crippen LogP contribution in [0.4, 0.5) is 4.79 Å². The Morgan fingerprint density at radius 1 is 1.05 bits per heavy atom. The van der Waals surface area contributed by atoms with Crippen LogP contribution in [0.15, 0.2) is 59.8 Å². The van der Waals surface area contributed by atoms with Crippen molar-refractivity contribution < 1.29 is 19.1 Å². The summed E-state index contributed by atoms with van der Waals surface area (Å²) in [7, 11) is 1.68. The van der Waals surface area contributed by atoms with Crippen LogP contribution in [0.1, 0.15) is 46.9 Å². The molecule has 2 atom stereocenters. The van der Waals surface area contributed by atoms with E-state index in [0.29, 0.717) is 43.0 Å². The first-order chi connectivity index (χ1) is 17.7. The zero-order valence-electron chi connectivity index (χ0n) is 22.3. The lowest BCUT2D eigenvalue weighted by molar-refractivity contribution is -0.139. The molecule has 1 saturated heterocycles. The lowest BCUT2D eigenvalue weighted by Crippen LogP contribution is -2.56. The minimum absolute atomic E-state index is 0.0207. The summed E-state index contributed by atoms with van der Waals surface area (Å²) in [4.78, 5) is 45.0. The van der Waals surface area contributed by atoms with Gasteiger partial charge in [0.25, 0.3) is 5.91 Å². The van der Waals surface area contributed by atoms with Gasteiger partial charge in [0, 0.05) is 50.5 Å². The highest BCUT2D eigenvalue weighted by Crippen LogP contribution is 2.33. The van der Waals surface area contributed by atoms with Crippen LogP contribution in [0.3, 0.4) is 0 Å². The largest absolute Gasteiger partial charge is 0.463 e. The maximum atomic E-state index is 13.3. The maximum Gasteiger partial charge on any atom is 0.338 e. The van der Waals surface area contributed by atoms with Gasteiger partial charge in [0.15, 0.2) is 0 Å². The zero-order chi connectivity index (χ0) is 26.7. The molecule has 8 heteroatoms. The van der Waals surface area contributed by atoms with Gasteiger partial charge in [-0.2, -0.15) is 0 Å². The van der Waals surface area contributed by atoms with Crippen molar-refractivity contribution >= 4 is 17.9 Å². The summed E-state index contributed by atoms with van der Waals surface area (Å²) in [6.07, 6.45) is 0. The van der Waals surface area contributed by atoms with Crippen molar-refractivity contribution in [3.05, 3.63) is 82.1 Å². The highest BCUT2D eigenvalue weighted by Gasteiger charge is 2.38. The number of carbonyl (C=O) groups excluding carboxylic acids is 3. The molecule has 37 heavy (non-hydrogen) atoms. The maximum absolute atomic E-state index is 13.3. The molecule has 2 aliphatic heterocycles. The van der Waals surface area contributed by atoms with E-state index in [0.717, 1.165) is 16.7 Å². The topological polar surface area (TPSA) is 82.2 Å². The first kappa shape index (κ1) is 26.4. The first-order valence-electron chi connectivity index (χ1n) is 12.8. The van der Waals surface area contributed by atoms with Crippen LogP contribution in [-0.4, -0.2) is 78.5 Å². The Morgan fingerprint density at radius 3 is 2.41 bits per heavy atom. The van der Waals surface area contributed by atoms with E-state index in [1.54, 1.807) is 14.0 Å². The average Bonchev–Trinajstić information content (AvgIpc) is 2.87. The molecule has 2 heterocycles. The highest BCUT2D eigenvalue weighted by atomic mass is 16.5. The smallest absolute Gasteiger partial charge is 0.338 e. The molecule has 196 valence electrons. The number of esters is 1. The van der Waals surface area contributed by atoms with Gasteiger partial charge in [-0.3, -0.25) is 14.6 Å². The number of carbonyl (C=O) groups is 3. The minimum atomic E-state index is -0.597. The molecule has 1 N–H and O–H groups in total. The fourth-order valence-corrected chi connectivity index (χ4v) is 5.09. The molecule has 2 aromatic carbocycles. The fourth-order valence-electron chi connectivity index (χ4n) is 5.09. The van der Waals surface area contributed by atoms with Crippen molar-refractivity contribution in [2.45, 2.75) is 39.8 Å². The Kier molecular flexibility index (Phi) is 7.97. The second-order valence-electron chi connectivity index (χ2n) is 9.83. The quantitative estimate of drug-likeness (QED) is 0.607. The Hall–Kier alpha value is -3.65. The normalized spacial score (nSPS) is 20.6. The molecule has 0 radical (unpaired) electrons. The van der Waals surface area contributed by atoms with Crippen molar-refractivity contribution in [2.75, 3.05) is 39.8 Å². The monoisotopic (exact) mass is 504 g/mol. The second-order valence-corrected chi connectivity index (χ2v) is 9.83. The molecule has 1 fully saturated rings. The summed E-state index contributed by atoms with van der Waals surface area (Å²) in [6, 6.07) is 14.5. The van der Waals surface area contributed by atoms with E-state index in [-0.39, 0.29) is 24.6 Å². The Labute approximate surface area is 218 Å². The van der Waals surface area contributed by atoms with Crippen LogP contribution < -0.4 is 5.32 Å². The van der Waals surface area contributed by atoms with Crippen molar-refractivity contribution in [3.63, 3.8) is 0 Å². The molecular formula is C29H36N4O4. The van der Waals surface area contributed by atoms with E-state index >= 15 is 0 Å². The predicted molar refractivity (Wildman–Crippen MR) is 142 cm³/mol. The van der Waals surface area contributed by atoms with Crippen LogP contribution in [0.2, 0.25) is 0 Å². The third-order valence-electron chi connectivity index (χ3n) is 7.22. The third kappa shape index (κ3) is 5.54. The molecular weight excluding hydrogens is 468 g/mol. The average molecular weight is 505 g/mol. The second kappa shape index (κ2) is 11.2. The number of aryl methyl sites for hydroxylation is 2. The van der Waals surface area contributed by atoms with Crippen molar-refractivity contribution in [1.29, 1.82) is 0 Å². The number of benzene rings is 2. The van der Waals surface area contributed by atoms with Crippen molar-refractivity contribution in [3.8, 4) is 0 Å². The standard InChI is InChI=1S/C29H36N4O4/c1-6-37-28(35)25-24(31(5)29(36)30-26(25)23-10-8-7-9-20(23)3)18-32-15-16-33(21(4)17-32)27(34)22-13-11-19(2)12-14-22/h7-14,21,26H,6,15-18H2,1-5H3,(H,30,36)/t21-,26+/m0/s1. The van der Waals surface area contributed by atoms with Gasteiger partial charge in [-0.15, -0.1) is 0 Å². The molecule has 3 amide bonds. The number of hydrogen-bond acceptors (Lipinski definition) is 5.